The van der Waals surface area contributed by atoms with Gasteiger partial charge in [0.2, 0.25) is 17.7 Å². The van der Waals surface area contributed by atoms with E-state index < -0.39 is 0 Å². The van der Waals surface area contributed by atoms with Gasteiger partial charge in [-0.05, 0) is 31.2 Å². The first-order valence-electron chi connectivity index (χ1n) is 10.1. The fraction of sp³-hybridized carbons (Fsp3) is 0.524. The number of benzene rings is 1. The number of carbonyl (C=O) groups is 3. The molecule has 3 amide bonds. The highest BCUT2D eigenvalue weighted by Gasteiger charge is 2.36. The summed E-state index contributed by atoms with van der Waals surface area (Å²) in [5, 5.41) is 8.88. The zero-order valence-corrected chi connectivity index (χ0v) is 16.0. The predicted molar refractivity (Wildman–Crippen MR) is 104 cm³/mol. The molecule has 7 heteroatoms. The third-order valence-electron chi connectivity index (χ3n) is 5.55. The summed E-state index contributed by atoms with van der Waals surface area (Å²) in [6.07, 6.45) is 4.56. The van der Waals surface area contributed by atoms with Crippen LogP contribution in [0.4, 0.5) is 0 Å². The first-order valence-corrected chi connectivity index (χ1v) is 10.1. The summed E-state index contributed by atoms with van der Waals surface area (Å²) in [7, 11) is 0. The Kier molecular flexibility index (Phi) is 5.41. The Morgan fingerprint density at radius 3 is 2.50 bits per heavy atom. The Hall–Kier alpha value is -2.70. The second-order valence-electron chi connectivity index (χ2n) is 7.71. The van der Waals surface area contributed by atoms with E-state index in [2.05, 4.69) is 10.4 Å². The summed E-state index contributed by atoms with van der Waals surface area (Å²) in [6, 6.07) is 9.73. The SMILES string of the molecule is O=C(NC1CC1)C1CCCN1C(=O)CCC(=O)N1CCC(c2ccccc2)=N1. The number of hydrogen-bond donors (Lipinski definition) is 1. The Bertz CT molecular complexity index is 788. The fourth-order valence-corrected chi connectivity index (χ4v) is 3.82. The van der Waals surface area contributed by atoms with Crippen molar-refractivity contribution in [1.82, 2.24) is 15.2 Å². The summed E-state index contributed by atoms with van der Waals surface area (Å²) >= 11 is 0. The van der Waals surface area contributed by atoms with Crippen LogP contribution < -0.4 is 5.32 Å². The van der Waals surface area contributed by atoms with E-state index in [0.29, 0.717) is 25.6 Å². The maximum Gasteiger partial charge on any atom is 0.243 e. The van der Waals surface area contributed by atoms with Gasteiger partial charge in [-0.15, -0.1) is 0 Å². The average Bonchev–Trinajstić information content (AvgIpc) is 3.21. The van der Waals surface area contributed by atoms with E-state index in [1.54, 1.807) is 4.90 Å². The van der Waals surface area contributed by atoms with Crippen LogP contribution in [0.2, 0.25) is 0 Å². The van der Waals surface area contributed by atoms with Gasteiger partial charge in [-0.3, -0.25) is 14.4 Å². The lowest BCUT2D eigenvalue weighted by atomic mass is 10.1. The average molecular weight is 382 g/mol. The van der Waals surface area contributed by atoms with Gasteiger partial charge in [0.15, 0.2) is 0 Å². The van der Waals surface area contributed by atoms with Gasteiger partial charge >= 0.3 is 0 Å². The van der Waals surface area contributed by atoms with Crippen LogP contribution in [0.3, 0.4) is 0 Å². The number of amides is 3. The van der Waals surface area contributed by atoms with Gasteiger partial charge in [0, 0.05) is 31.8 Å². The molecule has 4 rings (SSSR count). The molecule has 1 aromatic rings. The maximum atomic E-state index is 12.6. The Labute approximate surface area is 164 Å². The number of hydrogen-bond acceptors (Lipinski definition) is 4. The summed E-state index contributed by atoms with van der Waals surface area (Å²) < 4.78 is 0. The van der Waals surface area contributed by atoms with Gasteiger partial charge in [0.25, 0.3) is 0 Å². The van der Waals surface area contributed by atoms with Crippen molar-refractivity contribution in [3.05, 3.63) is 35.9 Å². The quantitative estimate of drug-likeness (QED) is 0.813. The van der Waals surface area contributed by atoms with Crippen LogP contribution >= 0.6 is 0 Å². The van der Waals surface area contributed by atoms with Gasteiger partial charge in [0.05, 0.1) is 12.3 Å². The molecule has 0 aromatic heterocycles. The van der Waals surface area contributed by atoms with Crippen LogP contribution in [0, 0.1) is 0 Å². The first kappa shape index (κ1) is 18.7. The topological polar surface area (TPSA) is 82.1 Å². The highest BCUT2D eigenvalue weighted by Crippen LogP contribution is 2.23. The molecule has 0 radical (unpaired) electrons. The van der Waals surface area contributed by atoms with E-state index in [4.69, 9.17) is 0 Å². The molecule has 148 valence electrons. The van der Waals surface area contributed by atoms with E-state index in [0.717, 1.165) is 37.0 Å². The van der Waals surface area contributed by atoms with E-state index in [1.165, 1.54) is 5.01 Å². The monoisotopic (exact) mass is 382 g/mol. The van der Waals surface area contributed by atoms with Crippen LogP contribution in [0.25, 0.3) is 0 Å². The minimum atomic E-state index is -0.377. The van der Waals surface area contributed by atoms with Crippen LogP contribution in [0.5, 0.6) is 0 Å². The number of hydrazone groups is 1. The Morgan fingerprint density at radius 1 is 1.00 bits per heavy atom. The van der Waals surface area contributed by atoms with Crippen molar-refractivity contribution in [1.29, 1.82) is 0 Å². The summed E-state index contributed by atoms with van der Waals surface area (Å²) in [4.78, 5) is 39.1. The first-order chi connectivity index (χ1) is 13.6. The fourth-order valence-electron chi connectivity index (χ4n) is 3.82. The molecule has 2 fully saturated rings. The van der Waals surface area contributed by atoms with Crippen molar-refractivity contribution in [3.8, 4) is 0 Å². The predicted octanol–water partition coefficient (Wildman–Crippen LogP) is 1.67. The minimum absolute atomic E-state index is 0.0451. The van der Waals surface area contributed by atoms with Crippen LogP contribution in [0.15, 0.2) is 35.4 Å². The summed E-state index contributed by atoms with van der Waals surface area (Å²) in [5.41, 5.74) is 1.92. The lowest BCUT2D eigenvalue weighted by Crippen LogP contribution is -2.46. The summed E-state index contributed by atoms with van der Waals surface area (Å²) in [5.74, 6) is -0.304. The van der Waals surface area contributed by atoms with Gasteiger partial charge in [-0.25, -0.2) is 5.01 Å². The number of likely N-dealkylation sites (tertiary alicyclic amines) is 1. The van der Waals surface area contributed by atoms with Gasteiger partial charge in [0.1, 0.15) is 6.04 Å². The van der Waals surface area contributed by atoms with Crippen molar-refractivity contribution >= 4 is 23.4 Å². The second kappa shape index (κ2) is 8.12. The third-order valence-corrected chi connectivity index (χ3v) is 5.55. The van der Waals surface area contributed by atoms with E-state index >= 15 is 0 Å². The molecular weight excluding hydrogens is 356 g/mol. The molecule has 0 bridgehead atoms. The largest absolute Gasteiger partial charge is 0.352 e. The lowest BCUT2D eigenvalue weighted by Gasteiger charge is -2.24. The van der Waals surface area contributed by atoms with Crippen molar-refractivity contribution in [3.63, 3.8) is 0 Å². The maximum absolute atomic E-state index is 12.6. The molecule has 2 heterocycles. The van der Waals surface area contributed by atoms with Crippen molar-refractivity contribution < 1.29 is 14.4 Å². The van der Waals surface area contributed by atoms with E-state index in [-0.39, 0.29) is 36.6 Å². The molecule has 1 aromatic carbocycles. The van der Waals surface area contributed by atoms with Gasteiger partial charge in [-0.2, -0.15) is 5.10 Å². The molecule has 1 atom stereocenters. The molecule has 1 N–H and O–H groups in total. The molecule has 3 aliphatic rings. The second-order valence-corrected chi connectivity index (χ2v) is 7.71. The molecular formula is C21H26N4O3. The van der Waals surface area contributed by atoms with Crippen LogP contribution in [0.1, 0.15) is 50.5 Å². The van der Waals surface area contributed by atoms with Crippen molar-refractivity contribution in [2.24, 2.45) is 5.10 Å². The zero-order valence-electron chi connectivity index (χ0n) is 16.0. The number of nitrogens with one attached hydrogen (secondary N) is 1. The number of carbonyl (C=O) groups excluding carboxylic acids is 3. The Morgan fingerprint density at radius 2 is 1.75 bits per heavy atom. The van der Waals surface area contributed by atoms with E-state index in [9.17, 15) is 14.4 Å². The third kappa shape index (κ3) is 4.24. The highest BCUT2D eigenvalue weighted by atomic mass is 16.2. The molecule has 0 spiro atoms. The molecule has 2 aliphatic heterocycles. The molecule has 1 saturated carbocycles. The zero-order chi connectivity index (χ0) is 19.5. The van der Waals surface area contributed by atoms with Crippen LogP contribution in [-0.2, 0) is 14.4 Å². The molecule has 28 heavy (non-hydrogen) atoms. The van der Waals surface area contributed by atoms with Crippen LogP contribution in [-0.4, -0.2) is 58.5 Å². The number of rotatable bonds is 6. The normalized spacial score (nSPS) is 21.6. The number of nitrogens with zero attached hydrogens (tertiary/aromatic N) is 3. The molecule has 1 unspecified atom stereocenters. The highest BCUT2D eigenvalue weighted by molar-refractivity contribution is 6.02. The minimum Gasteiger partial charge on any atom is -0.352 e. The molecule has 1 saturated heterocycles. The van der Waals surface area contributed by atoms with Gasteiger partial charge < -0.3 is 10.2 Å². The smallest absolute Gasteiger partial charge is 0.243 e. The lowest BCUT2D eigenvalue weighted by molar-refractivity contribution is -0.140. The standard InChI is InChI=1S/C21H26N4O3/c26-19(24-13-4-7-18(24)21(28)22-16-8-9-16)10-11-20(27)25-14-12-17(23-25)15-5-2-1-3-6-15/h1-3,5-6,16,18H,4,7-14H2,(H,22,28). The molecule has 7 nitrogen and oxygen atoms in total. The van der Waals surface area contributed by atoms with Crippen molar-refractivity contribution in [2.75, 3.05) is 13.1 Å². The van der Waals surface area contributed by atoms with Gasteiger partial charge in [-0.1, -0.05) is 30.3 Å². The van der Waals surface area contributed by atoms with Crippen molar-refractivity contribution in [2.45, 2.75) is 57.0 Å². The van der Waals surface area contributed by atoms with E-state index in [1.807, 2.05) is 30.3 Å². The Balaban J connectivity index is 1.29. The summed E-state index contributed by atoms with van der Waals surface area (Å²) in [6.45, 7) is 1.14. The molecule has 1 aliphatic carbocycles.